The zero-order valence-corrected chi connectivity index (χ0v) is 18.4. The molecule has 5 heteroatoms. The zero-order chi connectivity index (χ0) is 18.2. The van der Waals surface area contributed by atoms with Gasteiger partial charge in [0.2, 0.25) is 0 Å². The van der Waals surface area contributed by atoms with Crippen LogP contribution in [-0.4, -0.2) is 23.9 Å². The first-order chi connectivity index (χ1) is 12.7. The minimum atomic E-state index is 0. The summed E-state index contributed by atoms with van der Waals surface area (Å²) in [4.78, 5) is 7.01. The second kappa shape index (κ2) is 11.3. The Balaban J connectivity index is 0.00000261. The molecule has 1 atom stereocenters. The molecule has 0 radical (unpaired) electrons. The first-order valence-electron chi connectivity index (χ1n) is 9.57. The van der Waals surface area contributed by atoms with Crippen LogP contribution in [0.3, 0.4) is 0 Å². The van der Waals surface area contributed by atoms with Gasteiger partial charge in [-0.3, -0.25) is 4.90 Å². The van der Waals surface area contributed by atoms with Crippen molar-refractivity contribution in [3.8, 4) is 0 Å². The van der Waals surface area contributed by atoms with E-state index in [1.807, 2.05) is 18.2 Å². The molecule has 1 heterocycles. The van der Waals surface area contributed by atoms with E-state index < -0.39 is 0 Å². The fourth-order valence-corrected chi connectivity index (χ4v) is 3.56. The summed E-state index contributed by atoms with van der Waals surface area (Å²) >= 11 is 0. The van der Waals surface area contributed by atoms with E-state index in [9.17, 15) is 0 Å². The van der Waals surface area contributed by atoms with Crippen LogP contribution in [0.25, 0.3) is 0 Å². The lowest BCUT2D eigenvalue weighted by atomic mass is 9.99. The lowest BCUT2D eigenvalue weighted by Gasteiger charge is -2.31. The van der Waals surface area contributed by atoms with Gasteiger partial charge >= 0.3 is 0 Å². The molecule has 1 fully saturated rings. The van der Waals surface area contributed by atoms with Crippen molar-refractivity contribution in [3.05, 3.63) is 71.3 Å². The van der Waals surface area contributed by atoms with Gasteiger partial charge in [0.1, 0.15) is 0 Å². The largest absolute Gasteiger partial charge is 0.370 e. The molecule has 1 saturated heterocycles. The van der Waals surface area contributed by atoms with Gasteiger partial charge in [-0.25, -0.2) is 4.99 Å². The van der Waals surface area contributed by atoms with Crippen molar-refractivity contribution < 1.29 is 0 Å². The maximum absolute atomic E-state index is 6.05. The number of rotatable bonds is 6. The van der Waals surface area contributed by atoms with Crippen molar-refractivity contribution in [1.29, 1.82) is 0 Å². The fourth-order valence-electron chi connectivity index (χ4n) is 3.56. The average molecular weight is 478 g/mol. The summed E-state index contributed by atoms with van der Waals surface area (Å²) in [6, 6.07) is 18.8. The Morgan fingerprint density at radius 1 is 1.11 bits per heavy atom. The number of piperidine rings is 1. The average Bonchev–Trinajstić information content (AvgIpc) is 2.66. The first-order valence-corrected chi connectivity index (χ1v) is 9.57. The van der Waals surface area contributed by atoms with E-state index in [1.54, 1.807) is 0 Å². The van der Waals surface area contributed by atoms with Crippen LogP contribution >= 0.6 is 24.0 Å². The van der Waals surface area contributed by atoms with Crippen LogP contribution in [0.4, 0.5) is 0 Å². The van der Waals surface area contributed by atoms with E-state index in [4.69, 9.17) is 5.73 Å². The van der Waals surface area contributed by atoms with Crippen molar-refractivity contribution >= 4 is 29.9 Å². The predicted octanol–water partition coefficient (Wildman–Crippen LogP) is 4.14. The molecule has 0 spiro atoms. The first kappa shape index (κ1) is 21.7. The van der Waals surface area contributed by atoms with Crippen molar-refractivity contribution in [2.45, 2.75) is 39.4 Å². The van der Waals surface area contributed by atoms with Crippen LogP contribution in [0.1, 0.15) is 36.5 Å². The summed E-state index contributed by atoms with van der Waals surface area (Å²) in [5, 5.41) is 3.26. The number of nitrogens with one attached hydrogen (secondary N) is 1. The summed E-state index contributed by atoms with van der Waals surface area (Å²) in [5.41, 5.74) is 9.89. The molecular formula is C22H31IN4. The molecule has 1 unspecified atom stereocenters. The van der Waals surface area contributed by atoms with Gasteiger partial charge < -0.3 is 11.1 Å². The lowest BCUT2D eigenvalue weighted by molar-refractivity contribution is 0.176. The van der Waals surface area contributed by atoms with Gasteiger partial charge in [0, 0.05) is 19.6 Å². The van der Waals surface area contributed by atoms with Gasteiger partial charge in [-0.1, -0.05) is 61.5 Å². The molecule has 3 rings (SSSR count). The van der Waals surface area contributed by atoms with Crippen LogP contribution in [0.15, 0.2) is 59.6 Å². The maximum Gasteiger partial charge on any atom is 0.189 e. The zero-order valence-electron chi connectivity index (χ0n) is 16.1. The third kappa shape index (κ3) is 7.14. The number of nitrogens with zero attached hydrogens (tertiary/aromatic N) is 2. The molecule has 3 N–H and O–H groups in total. The molecule has 27 heavy (non-hydrogen) atoms. The minimum absolute atomic E-state index is 0. The van der Waals surface area contributed by atoms with Gasteiger partial charge in [-0.2, -0.15) is 0 Å². The van der Waals surface area contributed by atoms with Crippen molar-refractivity contribution in [1.82, 2.24) is 10.2 Å². The molecule has 1 aliphatic rings. The number of benzene rings is 2. The monoisotopic (exact) mass is 478 g/mol. The van der Waals surface area contributed by atoms with E-state index >= 15 is 0 Å². The number of hydrogen-bond donors (Lipinski definition) is 2. The van der Waals surface area contributed by atoms with Crippen molar-refractivity contribution in [2.75, 3.05) is 13.1 Å². The maximum atomic E-state index is 6.05. The molecule has 0 saturated carbocycles. The Labute approximate surface area is 180 Å². The molecule has 2 aromatic rings. The van der Waals surface area contributed by atoms with Crippen molar-refractivity contribution in [2.24, 2.45) is 16.6 Å². The molecule has 0 amide bonds. The number of likely N-dealkylation sites (tertiary alicyclic amines) is 1. The van der Waals surface area contributed by atoms with Crippen LogP contribution in [0.5, 0.6) is 0 Å². The molecule has 1 aliphatic heterocycles. The van der Waals surface area contributed by atoms with Gasteiger partial charge in [-0.15, -0.1) is 24.0 Å². The van der Waals surface area contributed by atoms with E-state index in [1.165, 1.54) is 37.1 Å². The highest BCUT2D eigenvalue weighted by atomic mass is 127. The number of guanidine groups is 1. The standard InChI is InChI=1S/C22H30N4.HI/c1-18-8-7-13-26(16-18)17-21-12-6-5-11-20(21)15-25-22(23)24-14-19-9-3-2-4-10-19;/h2-6,9-12,18H,7-8,13-17H2,1H3,(H3,23,24,25);1H. The summed E-state index contributed by atoms with van der Waals surface area (Å²) in [6.45, 7) is 7.08. The summed E-state index contributed by atoms with van der Waals surface area (Å²) < 4.78 is 0. The Bertz CT molecular complexity index is 717. The topological polar surface area (TPSA) is 53.6 Å². The molecular weight excluding hydrogens is 447 g/mol. The van der Waals surface area contributed by atoms with Crippen LogP contribution in [-0.2, 0) is 19.6 Å². The van der Waals surface area contributed by atoms with Gasteiger partial charge in [0.25, 0.3) is 0 Å². The Kier molecular flexibility index (Phi) is 9.07. The normalized spacial score (nSPS) is 18.0. The second-order valence-corrected chi connectivity index (χ2v) is 7.29. The summed E-state index contributed by atoms with van der Waals surface area (Å²) in [7, 11) is 0. The highest BCUT2D eigenvalue weighted by Gasteiger charge is 2.17. The predicted molar refractivity (Wildman–Crippen MR) is 124 cm³/mol. The quantitative estimate of drug-likeness (QED) is 0.373. The molecule has 4 nitrogen and oxygen atoms in total. The highest BCUT2D eigenvalue weighted by molar-refractivity contribution is 14.0. The third-order valence-electron chi connectivity index (χ3n) is 4.99. The minimum Gasteiger partial charge on any atom is -0.370 e. The molecule has 0 aromatic heterocycles. The van der Waals surface area contributed by atoms with E-state index in [-0.39, 0.29) is 24.0 Å². The second-order valence-electron chi connectivity index (χ2n) is 7.29. The number of nitrogens with two attached hydrogens (primary N) is 1. The molecule has 0 aliphatic carbocycles. The SMILES string of the molecule is CC1CCCN(Cc2ccccc2CNC(N)=NCc2ccccc2)C1.I. The van der Waals surface area contributed by atoms with E-state index in [0.29, 0.717) is 19.0 Å². The smallest absolute Gasteiger partial charge is 0.189 e. The molecule has 146 valence electrons. The molecule has 0 bridgehead atoms. The lowest BCUT2D eigenvalue weighted by Crippen LogP contribution is -2.35. The van der Waals surface area contributed by atoms with Crippen molar-refractivity contribution in [3.63, 3.8) is 0 Å². The molecule has 2 aromatic carbocycles. The third-order valence-corrected chi connectivity index (χ3v) is 4.99. The Morgan fingerprint density at radius 2 is 1.81 bits per heavy atom. The number of halogens is 1. The Hall–Kier alpha value is -1.60. The fraction of sp³-hybridized carbons (Fsp3) is 0.409. The Morgan fingerprint density at radius 3 is 2.56 bits per heavy atom. The van der Waals surface area contributed by atoms with Crippen LogP contribution in [0, 0.1) is 5.92 Å². The highest BCUT2D eigenvalue weighted by Crippen LogP contribution is 2.19. The number of hydrogen-bond acceptors (Lipinski definition) is 2. The summed E-state index contributed by atoms with van der Waals surface area (Å²) in [6.07, 6.45) is 2.66. The number of aliphatic imine (C=N–C) groups is 1. The van der Waals surface area contributed by atoms with E-state index in [0.717, 1.165) is 18.0 Å². The van der Waals surface area contributed by atoms with E-state index in [2.05, 4.69) is 58.5 Å². The van der Waals surface area contributed by atoms with Gasteiger partial charge in [0.15, 0.2) is 5.96 Å². The summed E-state index contributed by atoms with van der Waals surface area (Å²) in [5.74, 6) is 1.30. The van der Waals surface area contributed by atoms with Gasteiger partial charge in [0.05, 0.1) is 6.54 Å². The van der Waals surface area contributed by atoms with Gasteiger partial charge in [-0.05, 0) is 42.0 Å². The van der Waals surface area contributed by atoms with Crippen LogP contribution < -0.4 is 11.1 Å². The van der Waals surface area contributed by atoms with Crippen LogP contribution in [0.2, 0.25) is 0 Å².